The van der Waals surface area contributed by atoms with Gasteiger partial charge in [-0.3, -0.25) is 0 Å². The molecular weight excluding hydrogens is 285 g/mol. The Labute approximate surface area is 121 Å². The molecule has 0 aliphatic carbocycles. The fraction of sp³-hybridized carbons (Fsp3) is 0.286. The fourth-order valence-electron chi connectivity index (χ4n) is 1.60. The van der Waals surface area contributed by atoms with Crippen LogP contribution in [0.3, 0.4) is 0 Å². The lowest BCUT2D eigenvalue weighted by atomic mass is 10.3. The highest BCUT2D eigenvalue weighted by Gasteiger charge is 2.01. The summed E-state index contributed by atoms with van der Waals surface area (Å²) in [7, 11) is 0. The first-order chi connectivity index (χ1) is 9.15. The van der Waals surface area contributed by atoms with Gasteiger partial charge in [0.05, 0.1) is 5.02 Å². The van der Waals surface area contributed by atoms with Crippen LogP contribution in [0.2, 0.25) is 5.02 Å². The molecule has 102 valence electrons. The highest BCUT2D eigenvalue weighted by molar-refractivity contribution is 7.11. The normalized spacial score (nSPS) is 10.7. The summed E-state index contributed by atoms with van der Waals surface area (Å²) in [4.78, 5) is 2.62. The molecule has 0 saturated heterocycles. The lowest BCUT2D eigenvalue weighted by Crippen LogP contribution is -2.20. The lowest BCUT2D eigenvalue weighted by molar-refractivity contribution is 0.313. The SMILES string of the molecule is Cc1ccc(CNCCOc2ccc(F)c(Cl)c2)s1. The van der Waals surface area contributed by atoms with E-state index < -0.39 is 5.82 Å². The van der Waals surface area contributed by atoms with Crippen LogP contribution >= 0.6 is 22.9 Å². The molecule has 0 spiro atoms. The Morgan fingerprint density at radius 2 is 2.16 bits per heavy atom. The number of benzene rings is 1. The first kappa shape index (κ1) is 14.3. The molecule has 1 N–H and O–H groups in total. The number of hydrogen-bond acceptors (Lipinski definition) is 3. The maximum atomic E-state index is 12.9. The van der Waals surface area contributed by atoms with Crippen LogP contribution in [0.4, 0.5) is 4.39 Å². The molecule has 0 saturated carbocycles. The van der Waals surface area contributed by atoms with E-state index in [1.165, 1.54) is 21.9 Å². The second kappa shape index (κ2) is 6.89. The van der Waals surface area contributed by atoms with Gasteiger partial charge in [0.1, 0.15) is 18.2 Å². The average Bonchev–Trinajstić information content (AvgIpc) is 2.79. The van der Waals surface area contributed by atoms with Gasteiger partial charge >= 0.3 is 0 Å². The van der Waals surface area contributed by atoms with Gasteiger partial charge in [0, 0.05) is 28.9 Å². The third kappa shape index (κ3) is 4.49. The summed E-state index contributed by atoms with van der Waals surface area (Å²) in [5.41, 5.74) is 0. The van der Waals surface area contributed by atoms with Crippen molar-refractivity contribution in [2.75, 3.05) is 13.2 Å². The zero-order valence-corrected chi connectivity index (χ0v) is 12.2. The Hall–Kier alpha value is -1.10. The molecule has 2 nitrogen and oxygen atoms in total. The highest BCUT2D eigenvalue weighted by Crippen LogP contribution is 2.20. The van der Waals surface area contributed by atoms with Gasteiger partial charge in [-0.2, -0.15) is 0 Å². The van der Waals surface area contributed by atoms with Crippen LogP contribution < -0.4 is 10.1 Å². The maximum Gasteiger partial charge on any atom is 0.142 e. The van der Waals surface area contributed by atoms with Crippen LogP contribution in [-0.2, 0) is 6.54 Å². The molecule has 0 atom stereocenters. The largest absolute Gasteiger partial charge is 0.492 e. The number of thiophene rings is 1. The predicted octanol–water partition coefficient (Wildman–Crippen LogP) is 4.02. The zero-order valence-electron chi connectivity index (χ0n) is 10.6. The van der Waals surface area contributed by atoms with E-state index in [4.69, 9.17) is 16.3 Å². The molecule has 0 amide bonds. The highest BCUT2D eigenvalue weighted by atomic mass is 35.5. The molecule has 5 heteroatoms. The minimum Gasteiger partial charge on any atom is -0.492 e. The van der Waals surface area contributed by atoms with Gasteiger partial charge in [-0.25, -0.2) is 4.39 Å². The second-order valence-electron chi connectivity index (χ2n) is 4.11. The topological polar surface area (TPSA) is 21.3 Å². The Bertz CT molecular complexity index is 544. The molecule has 0 radical (unpaired) electrons. The van der Waals surface area contributed by atoms with Crippen LogP contribution in [0, 0.1) is 12.7 Å². The summed E-state index contributed by atoms with van der Waals surface area (Å²) < 4.78 is 18.4. The first-order valence-electron chi connectivity index (χ1n) is 5.99. The summed E-state index contributed by atoms with van der Waals surface area (Å²) in [6.07, 6.45) is 0. The summed E-state index contributed by atoms with van der Waals surface area (Å²) in [5, 5.41) is 3.37. The van der Waals surface area contributed by atoms with E-state index in [1.807, 2.05) is 0 Å². The number of rotatable bonds is 6. The molecule has 0 fully saturated rings. The molecule has 2 aromatic rings. The van der Waals surface area contributed by atoms with Gasteiger partial charge in [0.15, 0.2) is 0 Å². The van der Waals surface area contributed by atoms with Gasteiger partial charge in [-0.1, -0.05) is 11.6 Å². The Kier molecular flexibility index (Phi) is 5.19. The molecule has 0 aliphatic heterocycles. The van der Waals surface area contributed by atoms with E-state index >= 15 is 0 Å². The van der Waals surface area contributed by atoms with Gasteiger partial charge in [-0.05, 0) is 31.2 Å². The van der Waals surface area contributed by atoms with Crippen molar-refractivity contribution >= 4 is 22.9 Å². The Morgan fingerprint density at radius 1 is 1.32 bits per heavy atom. The zero-order chi connectivity index (χ0) is 13.7. The van der Waals surface area contributed by atoms with Crippen molar-refractivity contribution in [2.45, 2.75) is 13.5 Å². The van der Waals surface area contributed by atoms with Crippen LogP contribution in [0.1, 0.15) is 9.75 Å². The van der Waals surface area contributed by atoms with E-state index in [2.05, 4.69) is 24.4 Å². The van der Waals surface area contributed by atoms with Gasteiger partial charge in [0.25, 0.3) is 0 Å². The number of nitrogens with one attached hydrogen (secondary N) is 1. The lowest BCUT2D eigenvalue weighted by Gasteiger charge is -2.07. The molecule has 1 aromatic carbocycles. The predicted molar refractivity (Wildman–Crippen MR) is 77.7 cm³/mol. The number of halogens is 2. The van der Waals surface area contributed by atoms with Crippen molar-refractivity contribution in [3.05, 3.63) is 50.9 Å². The third-order valence-corrected chi connectivity index (χ3v) is 3.82. The van der Waals surface area contributed by atoms with Crippen LogP contribution in [0.25, 0.3) is 0 Å². The minimum atomic E-state index is -0.430. The molecule has 1 heterocycles. The smallest absolute Gasteiger partial charge is 0.142 e. The molecule has 19 heavy (non-hydrogen) atoms. The van der Waals surface area contributed by atoms with E-state index in [-0.39, 0.29) is 5.02 Å². The molecule has 1 aromatic heterocycles. The van der Waals surface area contributed by atoms with Crippen molar-refractivity contribution in [1.82, 2.24) is 5.32 Å². The van der Waals surface area contributed by atoms with Gasteiger partial charge < -0.3 is 10.1 Å². The average molecular weight is 300 g/mol. The van der Waals surface area contributed by atoms with Crippen LogP contribution in [-0.4, -0.2) is 13.2 Å². The second-order valence-corrected chi connectivity index (χ2v) is 5.89. The van der Waals surface area contributed by atoms with Crippen molar-refractivity contribution in [1.29, 1.82) is 0 Å². The molecular formula is C14H15ClFNOS. The van der Waals surface area contributed by atoms with E-state index in [9.17, 15) is 4.39 Å². The summed E-state index contributed by atoms with van der Waals surface area (Å²) in [6, 6.07) is 8.59. The molecule has 0 aliphatic rings. The Balaban J connectivity index is 1.67. The van der Waals surface area contributed by atoms with Gasteiger partial charge in [0.2, 0.25) is 0 Å². The fourth-order valence-corrected chi connectivity index (χ4v) is 2.63. The monoisotopic (exact) mass is 299 g/mol. The molecule has 2 rings (SSSR count). The van der Waals surface area contributed by atoms with E-state index in [0.29, 0.717) is 12.4 Å². The molecule has 0 bridgehead atoms. The summed E-state index contributed by atoms with van der Waals surface area (Å²) in [6.45, 7) is 4.18. The summed E-state index contributed by atoms with van der Waals surface area (Å²) >= 11 is 7.45. The van der Waals surface area contributed by atoms with Crippen molar-refractivity contribution in [3.8, 4) is 5.75 Å². The van der Waals surface area contributed by atoms with Crippen LogP contribution in [0.15, 0.2) is 30.3 Å². The van der Waals surface area contributed by atoms with Crippen molar-refractivity contribution in [3.63, 3.8) is 0 Å². The molecule has 0 unspecified atom stereocenters. The number of hydrogen-bond donors (Lipinski definition) is 1. The minimum absolute atomic E-state index is 0.0829. The Morgan fingerprint density at radius 3 is 2.84 bits per heavy atom. The van der Waals surface area contributed by atoms with Crippen molar-refractivity contribution in [2.24, 2.45) is 0 Å². The number of aryl methyl sites for hydroxylation is 1. The summed E-state index contributed by atoms with van der Waals surface area (Å²) in [5.74, 6) is 0.153. The quantitative estimate of drug-likeness (QED) is 0.814. The van der Waals surface area contributed by atoms with Crippen LogP contribution in [0.5, 0.6) is 5.75 Å². The van der Waals surface area contributed by atoms with Crippen molar-refractivity contribution < 1.29 is 9.13 Å². The standard InChI is InChI=1S/C14H15ClFNOS/c1-10-2-4-12(19-10)9-17-6-7-18-11-3-5-14(16)13(15)8-11/h2-5,8,17H,6-7,9H2,1H3. The third-order valence-electron chi connectivity index (χ3n) is 2.53. The number of ether oxygens (including phenoxy) is 1. The van der Waals surface area contributed by atoms with E-state index in [0.717, 1.165) is 13.1 Å². The van der Waals surface area contributed by atoms with E-state index in [1.54, 1.807) is 17.4 Å². The maximum absolute atomic E-state index is 12.9. The first-order valence-corrected chi connectivity index (χ1v) is 7.18. The van der Waals surface area contributed by atoms with Gasteiger partial charge in [-0.15, -0.1) is 11.3 Å².